The van der Waals surface area contributed by atoms with E-state index < -0.39 is 0 Å². The van der Waals surface area contributed by atoms with E-state index >= 15 is 0 Å². The Morgan fingerprint density at radius 2 is 1.52 bits per heavy atom. The Bertz CT molecular complexity index is 791. The molecule has 7 fully saturated rings. The number of ether oxygens (including phenoxy) is 1. The van der Waals surface area contributed by atoms with Crippen LogP contribution >= 0.6 is 0 Å². The third-order valence-electron chi connectivity index (χ3n) is 12.1. The van der Waals surface area contributed by atoms with E-state index in [4.69, 9.17) is 4.74 Å². The molecule has 3 nitrogen and oxygen atoms in total. The molecule has 146 valence electrons. The largest absolute Gasteiger partial charge is 0.469 e. The van der Waals surface area contributed by atoms with Crippen molar-refractivity contribution in [2.75, 3.05) is 7.11 Å². The summed E-state index contributed by atoms with van der Waals surface area (Å²) in [6.45, 7) is 6.98. The van der Waals surface area contributed by atoms with E-state index in [-0.39, 0.29) is 22.2 Å². The summed E-state index contributed by atoms with van der Waals surface area (Å²) >= 11 is 0. The van der Waals surface area contributed by atoms with Crippen molar-refractivity contribution in [3.8, 4) is 0 Å². The predicted octanol–water partition coefficient (Wildman–Crippen LogP) is 3.96. The molecule has 0 aromatic heterocycles. The SMILES string of the molecule is COC(=O)[C@@]1(C)C2C3CCCC3C3C2C2C4C5C(CCC5(C)C(=O)C34C)C21. The fourth-order valence-corrected chi connectivity index (χ4v) is 12.2. The average molecular weight is 369 g/mol. The highest BCUT2D eigenvalue weighted by molar-refractivity contribution is 5.95. The molecule has 0 heterocycles. The minimum Gasteiger partial charge on any atom is -0.469 e. The van der Waals surface area contributed by atoms with E-state index in [2.05, 4.69) is 20.8 Å². The smallest absolute Gasteiger partial charge is 0.312 e. The van der Waals surface area contributed by atoms with Gasteiger partial charge in [0.2, 0.25) is 0 Å². The van der Waals surface area contributed by atoms with Crippen LogP contribution < -0.4 is 0 Å². The second kappa shape index (κ2) is 4.19. The maximum Gasteiger partial charge on any atom is 0.312 e. The number of rotatable bonds is 1. The van der Waals surface area contributed by atoms with Crippen molar-refractivity contribution in [3.63, 3.8) is 0 Å². The molecule has 3 heteroatoms. The molecule has 0 spiro atoms. The van der Waals surface area contributed by atoms with Crippen LogP contribution in [-0.2, 0) is 14.3 Å². The monoisotopic (exact) mass is 368 g/mol. The topological polar surface area (TPSA) is 43.4 Å². The zero-order valence-corrected chi connectivity index (χ0v) is 17.0. The number of carbonyl (C=O) groups excluding carboxylic acids is 2. The van der Waals surface area contributed by atoms with Gasteiger partial charge in [-0.1, -0.05) is 20.3 Å². The summed E-state index contributed by atoms with van der Waals surface area (Å²) < 4.78 is 5.50. The molecule has 7 aliphatic rings. The quantitative estimate of drug-likeness (QED) is 0.658. The van der Waals surface area contributed by atoms with Gasteiger partial charge >= 0.3 is 5.97 Å². The van der Waals surface area contributed by atoms with Crippen LogP contribution in [0.5, 0.6) is 0 Å². The maximum atomic E-state index is 14.0. The van der Waals surface area contributed by atoms with E-state index in [1.165, 1.54) is 19.3 Å². The Morgan fingerprint density at radius 1 is 0.889 bits per heavy atom. The maximum absolute atomic E-state index is 14.0. The fraction of sp³-hybridized carbons (Fsp3) is 0.917. The lowest BCUT2D eigenvalue weighted by molar-refractivity contribution is -0.160. The van der Waals surface area contributed by atoms with Crippen molar-refractivity contribution < 1.29 is 14.3 Å². The normalized spacial score (nSPS) is 68.7. The Kier molecular flexibility index (Phi) is 2.48. The highest BCUT2D eigenvalue weighted by Gasteiger charge is 2.89. The van der Waals surface area contributed by atoms with Crippen LogP contribution in [0.3, 0.4) is 0 Å². The Labute approximate surface area is 162 Å². The number of hydrogen-bond donors (Lipinski definition) is 0. The second-order valence-corrected chi connectivity index (χ2v) is 12.0. The first-order chi connectivity index (χ1) is 12.8. The van der Waals surface area contributed by atoms with Crippen LogP contribution in [0.2, 0.25) is 0 Å². The van der Waals surface area contributed by atoms with Gasteiger partial charge in [-0.25, -0.2) is 0 Å². The first-order valence-electron chi connectivity index (χ1n) is 11.5. The fourth-order valence-electron chi connectivity index (χ4n) is 12.2. The first-order valence-corrected chi connectivity index (χ1v) is 11.5. The van der Waals surface area contributed by atoms with Crippen molar-refractivity contribution in [1.82, 2.24) is 0 Å². The molecule has 0 N–H and O–H groups in total. The second-order valence-electron chi connectivity index (χ2n) is 12.0. The summed E-state index contributed by atoms with van der Waals surface area (Å²) in [5, 5.41) is 0. The molecule has 7 rings (SSSR count). The Hall–Kier alpha value is -0.860. The number of methoxy groups -OCH3 is 1. The van der Waals surface area contributed by atoms with Gasteiger partial charge in [-0.05, 0) is 91.8 Å². The molecule has 0 radical (unpaired) electrons. The summed E-state index contributed by atoms with van der Waals surface area (Å²) in [5.74, 6) is 6.44. The van der Waals surface area contributed by atoms with Gasteiger partial charge in [-0.15, -0.1) is 0 Å². The van der Waals surface area contributed by atoms with Gasteiger partial charge < -0.3 is 4.74 Å². The third kappa shape index (κ3) is 1.22. The van der Waals surface area contributed by atoms with E-state index in [1.807, 2.05) is 0 Å². The lowest BCUT2D eigenvalue weighted by atomic mass is 9.64. The molecule has 7 saturated carbocycles. The molecule has 0 saturated heterocycles. The van der Waals surface area contributed by atoms with Gasteiger partial charge in [0.25, 0.3) is 0 Å². The van der Waals surface area contributed by atoms with E-state index in [0.717, 1.165) is 12.8 Å². The van der Waals surface area contributed by atoms with Gasteiger partial charge in [0.1, 0.15) is 5.78 Å². The number of fused-ring (bicyclic) bond motifs is 5. The predicted molar refractivity (Wildman–Crippen MR) is 99.3 cm³/mol. The molecule has 0 amide bonds. The Morgan fingerprint density at radius 3 is 2.22 bits per heavy atom. The molecule has 0 bridgehead atoms. The Balaban J connectivity index is 1.52. The van der Waals surface area contributed by atoms with Gasteiger partial charge in [0.05, 0.1) is 12.5 Å². The number of esters is 1. The number of hydrogen-bond acceptors (Lipinski definition) is 3. The molecular formula is C24H32O3. The highest BCUT2D eigenvalue weighted by Crippen LogP contribution is 2.89. The molecular weight excluding hydrogens is 336 g/mol. The molecule has 0 aromatic rings. The van der Waals surface area contributed by atoms with Crippen LogP contribution in [0.25, 0.3) is 0 Å². The minimum atomic E-state index is -0.309. The number of ketones is 1. The summed E-state index contributed by atoms with van der Waals surface area (Å²) in [6, 6.07) is 0. The van der Waals surface area contributed by atoms with Crippen molar-refractivity contribution >= 4 is 11.8 Å². The molecule has 12 unspecified atom stereocenters. The van der Waals surface area contributed by atoms with Crippen LogP contribution in [-0.4, -0.2) is 18.9 Å². The lowest BCUT2D eigenvalue weighted by Crippen LogP contribution is -2.44. The summed E-state index contributed by atoms with van der Waals surface area (Å²) in [6.07, 6.45) is 6.07. The van der Waals surface area contributed by atoms with E-state index in [1.54, 1.807) is 7.11 Å². The number of carbonyl (C=O) groups is 2. The standard InChI is InChI=1S/C24H32O3/c1-22-9-8-12-17-14-13-15(23(2,20(22)25)19(14)18(12)22)10-6-5-7-11(10)16(13)24(17,3)21(26)27-4/h10-19H,5-9H2,1-4H3/t10?,11?,12?,13?,14?,15?,16?,17?,18?,19?,22?,23?,24-/m0/s1. The minimum absolute atomic E-state index is 0.0693. The van der Waals surface area contributed by atoms with Crippen molar-refractivity contribution in [1.29, 1.82) is 0 Å². The van der Waals surface area contributed by atoms with Crippen LogP contribution in [0.4, 0.5) is 0 Å². The van der Waals surface area contributed by atoms with Crippen molar-refractivity contribution in [3.05, 3.63) is 0 Å². The lowest BCUT2D eigenvalue weighted by Gasteiger charge is -2.39. The van der Waals surface area contributed by atoms with E-state index in [9.17, 15) is 9.59 Å². The zero-order valence-electron chi connectivity index (χ0n) is 17.0. The zero-order chi connectivity index (χ0) is 18.7. The van der Waals surface area contributed by atoms with Crippen LogP contribution in [0, 0.1) is 75.4 Å². The van der Waals surface area contributed by atoms with Gasteiger partial charge in [-0.2, -0.15) is 0 Å². The van der Waals surface area contributed by atoms with Crippen molar-refractivity contribution in [2.24, 2.45) is 75.4 Å². The highest BCUT2D eigenvalue weighted by atomic mass is 16.5. The molecule has 0 aliphatic heterocycles. The summed E-state index contributed by atoms with van der Waals surface area (Å²) in [7, 11) is 1.60. The van der Waals surface area contributed by atoms with Crippen LogP contribution in [0.15, 0.2) is 0 Å². The van der Waals surface area contributed by atoms with Gasteiger partial charge in [-0.3, -0.25) is 9.59 Å². The van der Waals surface area contributed by atoms with Crippen LogP contribution in [0.1, 0.15) is 52.9 Å². The summed E-state index contributed by atoms with van der Waals surface area (Å²) in [4.78, 5) is 27.3. The molecule has 0 aromatic carbocycles. The first kappa shape index (κ1) is 16.0. The molecule has 13 atom stereocenters. The number of Topliss-reactive ketones (excluding diaryl/α,β-unsaturated/α-hetero) is 1. The molecule has 27 heavy (non-hydrogen) atoms. The summed E-state index contributed by atoms with van der Waals surface area (Å²) in [5.41, 5.74) is -0.513. The third-order valence-corrected chi connectivity index (χ3v) is 12.1. The van der Waals surface area contributed by atoms with Gasteiger partial charge in [0.15, 0.2) is 0 Å². The van der Waals surface area contributed by atoms with E-state index in [0.29, 0.717) is 65.0 Å². The average Bonchev–Trinajstić information content (AvgIpc) is 3.42. The van der Waals surface area contributed by atoms with Gasteiger partial charge in [0, 0.05) is 10.8 Å². The van der Waals surface area contributed by atoms with Crippen molar-refractivity contribution in [2.45, 2.75) is 52.9 Å². The molecule has 7 aliphatic carbocycles.